The molecule has 0 radical (unpaired) electrons. The number of carboxylic acids is 1. The van der Waals surface area contributed by atoms with Crippen molar-refractivity contribution in [3.05, 3.63) is 70.5 Å². The minimum atomic E-state index is -1.10. The number of halogens is 2. The molecule has 2 aromatic carbocycles. The van der Waals surface area contributed by atoms with Gasteiger partial charge in [-0.2, -0.15) is 0 Å². The fourth-order valence-electron chi connectivity index (χ4n) is 1.67. The minimum absolute atomic E-state index is 0.270. The molecule has 0 fully saturated rings. The summed E-state index contributed by atoms with van der Waals surface area (Å²) < 4.78 is 13.6. The molecule has 0 aliphatic rings. The second-order valence-electron chi connectivity index (χ2n) is 4.27. The molecular weight excluding hydrogens is 311 g/mol. The van der Waals surface area contributed by atoms with Gasteiger partial charge in [-0.15, -0.1) is 11.8 Å². The van der Waals surface area contributed by atoms with Gasteiger partial charge in [0.2, 0.25) is 0 Å². The molecule has 1 N–H and O–H groups in total. The smallest absolute Gasteiger partial charge is 0.328 e. The molecule has 0 unspecified atom stereocenters. The Morgan fingerprint density at radius 2 is 1.95 bits per heavy atom. The molecule has 0 heterocycles. The molecule has 2 rings (SSSR count). The molecule has 0 aliphatic carbocycles. The standard InChI is InChI=1S/C16H12ClFO2S/c17-13-3-5-14(6-4-13)21-10-11-1-7-15(18)12(9-11)2-8-16(19)20/h1-9H,10H2,(H,19,20). The van der Waals surface area contributed by atoms with Crippen molar-refractivity contribution in [3.63, 3.8) is 0 Å². The molecular formula is C16H12ClFO2S. The summed E-state index contributed by atoms with van der Waals surface area (Å²) in [5, 5.41) is 9.27. The van der Waals surface area contributed by atoms with Crippen LogP contribution < -0.4 is 0 Å². The number of thioether (sulfide) groups is 1. The van der Waals surface area contributed by atoms with Crippen LogP contribution in [0.5, 0.6) is 0 Å². The minimum Gasteiger partial charge on any atom is -0.478 e. The first-order chi connectivity index (χ1) is 10.0. The van der Waals surface area contributed by atoms with Gasteiger partial charge in [0.25, 0.3) is 0 Å². The summed E-state index contributed by atoms with van der Waals surface area (Å²) >= 11 is 7.42. The van der Waals surface area contributed by atoms with Gasteiger partial charge in [0, 0.05) is 27.3 Å². The normalized spacial score (nSPS) is 11.0. The van der Waals surface area contributed by atoms with Gasteiger partial charge < -0.3 is 5.11 Å². The van der Waals surface area contributed by atoms with Gasteiger partial charge in [-0.1, -0.05) is 17.7 Å². The highest BCUT2D eigenvalue weighted by molar-refractivity contribution is 7.98. The van der Waals surface area contributed by atoms with Crippen LogP contribution in [0.15, 0.2) is 53.4 Å². The van der Waals surface area contributed by atoms with Crippen LogP contribution >= 0.6 is 23.4 Å². The second kappa shape index (κ2) is 7.29. The highest BCUT2D eigenvalue weighted by Crippen LogP contribution is 2.25. The average Bonchev–Trinajstić information content (AvgIpc) is 2.46. The van der Waals surface area contributed by atoms with Gasteiger partial charge in [0.15, 0.2) is 0 Å². The number of aliphatic carboxylic acids is 1. The van der Waals surface area contributed by atoms with Crippen LogP contribution in [0.1, 0.15) is 11.1 Å². The van der Waals surface area contributed by atoms with Crippen molar-refractivity contribution in [2.75, 3.05) is 0 Å². The molecule has 2 aromatic rings. The van der Waals surface area contributed by atoms with E-state index in [0.29, 0.717) is 10.8 Å². The first-order valence-electron chi connectivity index (χ1n) is 6.12. The monoisotopic (exact) mass is 322 g/mol. The Morgan fingerprint density at radius 3 is 2.62 bits per heavy atom. The Hall–Kier alpha value is -1.78. The van der Waals surface area contributed by atoms with E-state index in [-0.39, 0.29) is 5.56 Å². The van der Waals surface area contributed by atoms with Gasteiger partial charge in [0.05, 0.1) is 0 Å². The molecule has 21 heavy (non-hydrogen) atoms. The van der Waals surface area contributed by atoms with Crippen molar-refractivity contribution in [2.24, 2.45) is 0 Å². The van der Waals surface area contributed by atoms with Gasteiger partial charge in [0.1, 0.15) is 5.82 Å². The topological polar surface area (TPSA) is 37.3 Å². The van der Waals surface area contributed by atoms with Crippen LogP contribution in [0.2, 0.25) is 5.02 Å². The van der Waals surface area contributed by atoms with E-state index in [9.17, 15) is 9.18 Å². The quantitative estimate of drug-likeness (QED) is 0.630. The van der Waals surface area contributed by atoms with Gasteiger partial charge in [-0.3, -0.25) is 0 Å². The van der Waals surface area contributed by atoms with E-state index in [2.05, 4.69) is 0 Å². The summed E-state index contributed by atoms with van der Waals surface area (Å²) in [4.78, 5) is 11.5. The molecule has 0 amide bonds. The Kier molecular flexibility index (Phi) is 5.42. The third kappa shape index (κ3) is 4.92. The fraction of sp³-hybridized carbons (Fsp3) is 0.0625. The third-order valence-electron chi connectivity index (χ3n) is 2.69. The second-order valence-corrected chi connectivity index (χ2v) is 5.76. The lowest BCUT2D eigenvalue weighted by Crippen LogP contribution is -1.90. The van der Waals surface area contributed by atoms with Gasteiger partial charge >= 0.3 is 5.97 Å². The van der Waals surface area contributed by atoms with Crippen LogP contribution in [-0.4, -0.2) is 11.1 Å². The predicted octanol–water partition coefficient (Wildman–Crippen LogP) is 4.87. The van der Waals surface area contributed by atoms with E-state index in [1.165, 1.54) is 12.1 Å². The zero-order valence-electron chi connectivity index (χ0n) is 10.9. The SMILES string of the molecule is O=C(O)C=Cc1cc(CSc2ccc(Cl)cc2)ccc1F. The number of hydrogen-bond acceptors (Lipinski definition) is 2. The van der Waals surface area contributed by atoms with E-state index in [1.54, 1.807) is 23.9 Å². The van der Waals surface area contributed by atoms with E-state index in [1.807, 2.05) is 24.3 Å². The largest absolute Gasteiger partial charge is 0.478 e. The molecule has 0 saturated carbocycles. The molecule has 0 aliphatic heterocycles. The lowest BCUT2D eigenvalue weighted by molar-refractivity contribution is -0.131. The molecule has 108 valence electrons. The van der Waals surface area contributed by atoms with E-state index in [0.717, 1.165) is 16.5 Å². The van der Waals surface area contributed by atoms with Crippen molar-refractivity contribution in [3.8, 4) is 0 Å². The number of hydrogen-bond donors (Lipinski definition) is 1. The number of carbonyl (C=O) groups is 1. The number of carboxylic acid groups (broad SMARTS) is 1. The van der Waals surface area contributed by atoms with Crippen LogP contribution in [0.25, 0.3) is 6.08 Å². The van der Waals surface area contributed by atoms with Crippen LogP contribution in [0.4, 0.5) is 4.39 Å². The lowest BCUT2D eigenvalue weighted by atomic mass is 10.1. The van der Waals surface area contributed by atoms with E-state index >= 15 is 0 Å². The molecule has 0 spiro atoms. The van der Waals surface area contributed by atoms with Crippen molar-refractivity contribution in [1.82, 2.24) is 0 Å². The van der Waals surface area contributed by atoms with Crippen molar-refractivity contribution >= 4 is 35.4 Å². The summed E-state index contributed by atoms with van der Waals surface area (Å²) in [6.45, 7) is 0. The summed E-state index contributed by atoms with van der Waals surface area (Å²) in [5.74, 6) is -0.876. The maximum Gasteiger partial charge on any atom is 0.328 e. The predicted molar refractivity (Wildman–Crippen MR) is 84.1 cm³/mol. The summed E-state index contributed by atoms with van der Waals surface area (Å²) in [7, 11) is 0. The summed E-state index contributed by atoms with van der Waals surface area (Å²) in [6, 6.07) is 12.2. The Bertz CT molecular complexity index is 668. The first-order valence-corrected chi connectivity index (χ1v) is 7.49. The molecule has 0 bridgehead atoms. The van der Waals surface area contributed by atoms with Crippen molar-refractivity contribution in [2.45, 2.75) is 10.6 Å². The summed E-state index contributed by atoms with van der Waals surface area (Å²) in [6.07, 6.45) is 2.18. The highest BCUT2D eigenvalue weighted by atomic mass is 35.5. The lowest BCUT2D eigenvalue weighted by Gasteiger charge is -2.04. The number of rotatable bonds is 5. The highest BCUT2D eigenvalue weighted by Gasteiger charge is 2.03. The molecule has 0 saturated heterocycles. The number of benzene rings is 2. The van der Waals surface area contributed by atoms with E-state index < -0.39 is 11.8 Å². The Labute approximate surface area is 131 Å². The van der Waals surface area contributed by atoms with Gasteiger partial charge in [-0.25, -0.2) is 9.18 Å². The van der Waals surface area contributed by atoms with Crippen LogP contribution in [-0.2, 0) is 10.5 Å². The van der Waals surface area contributed by atoms with Crippen LogP contribution in [0, 0.1) is 5.82 Å². The maximum atomic E-state index is 13.6. The maximum absolute atomic E-state index is 13.6. The van der Waals surface area contributed by atoms with Crippen molar-refractivity contribution in [1.29, 1.82) is 0 Å². The van der Waals surface area contributed by atoms with Crippen molar-refractivity contribution < 1.29 is 14.3 Å². The average molecular weight is 323 g/mol. The molecule has 2 nitrogen and oxygen atoms in total. The zero-order valence-corrected chi connectivity index (χ0v) is 12.5. The zero-order chi connectivity index (χ0) is 15.2. The van der Waals surface area contributed by atoms with Crippen LogP contribution in [0.3, 0.4) is 0 Å². The summed E-state index contributed by atoms with van der Waals surface area (Å²) in [5.41, 5.74) is 1.19. The Balaban J connectivity index is 2.08. The third-order valence-corrected chi connectivity index (χ3v) is 4.02. The molecule has 0 aromatic heterocycles. The molecule has 5 heteroatoms. The fourth-order valence-corrected chi connectivity index (χ4v) is 2.64. The van der Waals surface area contributed by atoms with E-state index in [4.69, 9.17) is 16.7 Å². The Morgan fingerprint density at radius 1 is 1.24 bits per heavy atom. The van der Waals surface area contributed by atoms with Gasteiger partial charge in [-0.05, 0) is 48.0 Å². The molecule has 0 atom stereocenters. The first kappa shape index (κ1) is 15.6.